The molecule has 0 spiro atoms. The first-order chi connectivity index (χ1) is 8.62. The van der Waals surface area contributed by atoms with Crippen molar-refractivity contribution in [3.05, 3.63) is 0 Å². The van der Waals surface area contributed by atoms with Gasteiger partial charge in [0.15, 0.2) is 0 Å². The molecule has 0 aromatic heterocycles. The lowest BCUT2D eigenvalue weighted by Gasteiger charge is -2.26. The Bertz CT molecular complexity index is 345. The van der Waals surface area contributed by atoms with Crippen LogP contribution in [0.15, 0.2) is 0 Å². The minimum Gasteiger partial charge on any atom is -0.468 e. The summed E-state index contributed by atoms with van der Waals surface area (Å²) in [5.74, 6) is -2.02. The lowest BCUT2D eigenvalue weighted by molar-refractivity contribution is -0.150. The Balaban J connectivity index is 4.84. The molecule has 19 heavy (non-hydrogen) atoms. The maximum Gasteiger partial charge on any atom is 0.407 e. The van der Waals surface area contributed by atoms with Crippen LogP contribution in [0.5, 0.6) is 0 Å². The third kappa shape index (κ3) is 6.22. The largest absolute Gasteiger partial charge is 0.468 e. The molecule has 1 N–H and O–H groups in total. The second-order valence-electron chi connectivity index (χ2n) is 5.27. The van der Waals surface area contributed by atoms with E-state index in [1.807, 2.05) is 0 Å². The molecule has 0 aliphatic rings. The smallest absolute Gasteiger partial charge is 0.407 e. The van der Waals surface area contributed by atoms with Gasteiger partial charge in [0, 0.05) is 0 Å². The first-order valence-electron chi connectivity index (χ1n) is 6.20. The highest BCUT2D eigenvalue weighted by molar-refractivity contribution is 5.98. The molecular weight excluding hydrogens is 250 g/mol. The number of carbonyl (C=O) groups is 3. The van der Waals surface area contributed by atoms with Gasteiger partial charge in [0.1, 0.15) is 17.3 Å². The third-order valence-corrected chi connectivity index (χ3v) is 2.44. The summed E-state index contributed by atoms with van der Waals surface area (Å²) in [5.41, 5.74) is -0.640. The molecule has 0 radical (unpaired) electrons. The Hall–Kier alpha value is -1.59. The van der Waals surface area contributed by atoms with Crippen molar-refractivity contribution in [3.8, 4) is 0 Å². The van der Waals surface area contributed by atoms with Gasteiger partial charge in [-0.1, -0.05) is 6.92 Å². The minimum atomic E-state index is -1.01. The number of amides is 1. The molecule has 0 aromatic rings. The number of nitrogens with one attached hydrogen (secondary N) is 1. The molecule has 2 atom stereocenters. The van der Waals surface area contributed by atoms with Gasteiger partial charge in [0.2, 0.25) is 0 Å². The number of methoxy groups -OCH3 is 1. The second-order valence-corrected chi connectivity index (χ2v) is 5.27. The highest BCUT2D eigenvalue weighted by atomic mass is 16.6. The average Bonchev–Trinajstić information content (AvgIpc) is 2.24. The lowest BCUT2D eigenvalue weighted by Crippen LogP contribution is -2.47. The van der Waals surface area contributed by atoms with E-state index < -0.39 is 29.6 Å². The number of Topliss-reactive ketones (excluding diaryl/α,β-unsaturated/α-hetero) is 1. The van der Waals surface area contributed by atoms with E-state index in [1.54, 1.807) is 27.7 Å². The highest BCUT2D eigenvalue weighted by Crippen LogP contribution is 2.13. The zero-order valence-corrected chi connectivity index (χ0v) is 12.4. The van der Waals surface area contributed by atoms with Crippen LogP contribution in [0.3, 0.4) is 0 Å². The maximum absolute atomic E-state index is 11.7. The van der Waals surface area contributed by atoms with Crippen LogP contribution in [0, 0.1) is 5.92 Å². The molecule has 0 rings (SSSR count). The number of hydrogen-bond acceptors (Lipinski definition) is 5. The van der Waals surface area contributed by atoms with E-state index in [1.165, 1.54) is 14.0 Å². The van der Waals surface area contributed by atoms with Crippen molar-refractivity contribution in [2.24, 2.45) is 5.92 Å². The van der Waals surface area contributed by atoms with Crippen LogP contribution in [-0.4, -0.2) is 36.6 Å². The molecule has 0 heterocycles. The van der Waals surface area contributed by atoms with Crippen LogP contribution in [-0.2, 0) is 19.1 Å². The SMILES string of the molecule is CCC(NC(=O)OC(C)(C)C)C(C(C)=O)C(=O)OC. The monoisotopic (exact) mass is 273 g/mol. The third-order valence-electron chi connectivity index (χ3n) is 2.44. The van der Waals surface area contributed by atoms with Crippen molar-refractivity contribution in [2.75, 3.05) is 7.11 Å². The van der Waals surface area contributed by atoms with Crippen molar-refractivity contribution in [3.63, 3.8) is 0 Å². The molecule has 110 valence electrons. The number of alkyl carbamates (subject to hydrolysis) is 1. The average molecular weight is 273 g/mol. The number of esters is 1. The van der Waals surface area contributed by atoms with Gasteiger partial charge >= 0.3 is 12.1 Å². The van der Waals surface area contributed by atoms with Crippen LogP contribution < -0.4 is 5.32 Å². The molecule has 0 aliphatic carbocycles. The molecule has 0 aliphatic heterocycles. The molecule has 0 fully saturated rings. The molecule has 2 unspecified atom stereocenters. The highest BCUT2D eigenvalue weighted by Gasteiger charge is 2.34. The molecule has 0 saturated carbocycles. The summed E-state index contributed by atoms with van der Waals surface area (Å²) in [6.45, 7) is 8.25. The summed E-state index contributed by atoms with van der Waals surface area (Å²) < 4.78 is 9.69. The van der Waals surface area contributed by atoms with Crippen LogP contribution in [0.2, 0.25) is 0 Å². The van der Waals surface area contributed by atoms with E-state index in [0.717, 1.165) is 0 Å². The Morgan fingerprint density at radius 3 is 2.05 bits per heavy atom. The number of ether oxygens (including phenoxy) is 2. The number of hydrogen-bond donors (Lipinski definition) is 1. The standard InChI is InChI=1S/C13H23NO5/c1-7-9(10(8(2)15)11(16)18-6)14-12(17)19-13(3,4)5/h9-10H,7H2,1-6H3,(H,14,17). The fraction of sp³-hybridized carbons (Fsp3) is 0.769. The van der Waals surface area contributed by atoms with Crippen LogP contribution >= 0.6 is 0 Å². The van der Waals surface area contributed by atoms with Gasteiger partial charge < -0.3 is 14.8 Å². The Labute approximate surface area is 113 Å². The topological polar surface area (TPSA) is 81.7 Å². The summed E-state index contributed by atoms with van der Waals surface area (Å²) in [7, 11) is 1.21. The lowest BCUT2D eigenvalue weighted by atomic mass is 9.94. The van der Waals surface area contributed by atoms with E-state index in [0.29, 0.717) is 6.42 Å². The van der Waals surface area contributed by atoms with E-state index in [9.17, 15) is 14.4 Å². The molecule has 6 nitrogen and oxygen atoms in total. The van der Waals surface area contributed by atoms with Gasteiger partial charge in [-0.25, -0.2) is 4.79 Å². The Morgan fingerprint density at radius 1 is 1.21 bits per heavy atom. The molecular formula is C13H23NO5. The van der Waals surface area contributed by atoms with Crippen molar-refractivity contribution >= 4 is 17.8 Å². The number of rotatable bonds is 5. The van der Waals surface area contributed by atoms with Crippen LogP contribution in [0.1, 0.15) is 41.0 Å². The van der Waals surface area contributed by atoms with Crippen molar-refractivity contribution in [1.29, 1.82) is 0 Å². The van der Waals surface area contributed by atoms with Gasteiger partial charge in [-0.05, 0) is 34.1 Å². The van der Waals surface area contributed by atoms with Gasteiger partial charge in [-0.15, -0.1) is 0 Å². The van der Waals surface area contributed by atoms with E-state index in [-0.39, 0.29) is 5.78 Å². The van der Waals surface area contributed by atoms with Gasteiger partial charge in [0.25, 0.3) is 0 Å². The van der Waals surface area contributed by atoms with Crippen LogP contribution in [0.25, 0.3) is 0 Å². The van der Waals surface area contributed by atoms with E-state index >= 15 is 0 Å². The second kappa shape index (κ2) is 7.11. The summed E-state index contributed by atoms with van der Waals surface area (Å²) in [5, 5.41) is 2.54. The van der Waals surface area contributed by atoms with Gasteiger partial charge in [0.05, 0.1) is 13.2 Å². The van der Waals surface area contributed by atoms with Gasteiger partial charge in [-0.3, -0.25) is 9.59 Å². The molecule has 6 heteroatoms. The minimum absolute atomic E-state index is 0.352. The Kier molecular flexibility index (Phi) is 6.52. The van der Waals surface area contributed by atoms with Gasteiger partial charge in [-0.2, -0.15) is 0 Å². The maximum atomic E-state index is 11.7. The molecule has 0 bridgehead atoms. The van der Waals surface area contributed by atoms with Crippen molar-refractivity contribution in [2.45, 2.75) is 52.7 Å². The predicted molar refractivity (Wildman–Crippen MR) is 69.6 cm³/mol. The molecule has 0 aromatic carbocycles. The van der Waals surface area contributed by atoms with Crippen molar-refractivity contribution in [1.82, 2.24) is 5.32 Å². The first kappa shape index (κ1) is 17.4. The molecule has 1 amide bonds. The number of carbonyl (C=O) groups excluding carboxylic acids is 3. The summed E-state index contributed by atoms with van der Waals surface area (Å²) in [4.78, 5) is 34.8. The first-order valence-corrected chi connectivity index (χ1v) is 6.20. The normalized spacial score (nSPS) is 14.2. The Morgan fingerprint density at radius 2 is 1.74 bits per heavy atom. The van der Waals surface area contributed by atoms with E-state index in [4.69, 9.17) is 4.74 Å². The van der Waals surface area contributed by atoms with Crippen LogP contribution in [0.4, 0.5) is 4.79 Å². The molecule has 0 saturated heterocycles. The van der Waals surface area contributed by atoms with Crippen molar-refractivity contribution < 1.29 is 23.9 Å². The summed E-state index contributed by atoms with van der Waals surface area (Å²) in [6.07, 6.45) is -0.243. The quantitative estimate of drug-likeness (QED) is 0.608. The summed E-state index contributed by atoms with van der Waals surface area (Å²) in [6, 6.07) is -0.639. The fourth-order valence-electron chi connectivity index (χ4n) is 1.62. The fourth-order valence-corrected chi connectivity index (χ4v) is 1.62. The van der Waals surface area contributed by atoms with E-state index in [2.05, 4.69) is 10.1 Å². The summed E-state index contributed by atoms with van der Waals surface area (Å²) >= 11 is 0. The zero-order valence-electron chi connectivity index (χ0n) is 12.4. The number of ketones is 1. The predicted octanol–water partition coefficient (Wildman–Crippen LogP) is 1.67. The zero-order chi connectivity index (χ0) is 15.2.